The molecule has 17 heteroatoms. The Hall–Kier alpha value is -2.09. The number of alkyl halides is 2. The summed E-state index contributed by atoms with van der Waals surface area (Å²) in [5, 5.41) is 27.7. The van der Waals surface area contributed by atoms with E-state index in [-0.39, 0.29) is 50.4 Å². The fraction of sp³-hybridized carbons (Fsp3) is 0.600. The predicted octanol–water partition coefficient (Wildman–Crippen LogP) is 2.35. The Balaban J connectivity index is 2.16. The fourth-order valence-corrected chi connectivity index (χ4v) is 4.72. The van der Waals surface area contributed by atoms with Gasteiger partial charge >= 0.3 is 19.6 Å². The fourth-order valence-electron chi connectivity index (χ4n) is 2.86. The molecule has 0 atom stereocenters. The number of nitrogens with zero attached hydrogens (tertiary/aromatic N) is 6. The molecule has 2 aromatic rings. The number of nitrogens with one attached hydrogen (secondary N) is 2. The van der Waals surface area contributed by atoms with Crippen LogP contribution in [0.4, 0.5) is 11.9 Å². The van der Waals surface area contributed by atoms with Gasteiger partial charge in [-0.2, -0.15) is 0 Å². The molecule has 0 saturated carbocycles. The van der Waals surface area contributed by atoms with E-state index >= 15 is 0 Å². The first-order valence-corrected chi connectivity index (χ1v) is 12.1. The molecule has 0 aliphatic carbocycles. The summed E-state index contributed by atoms with van der Waals surface area (Å²) in [6.45, 7) is 0.431. The van der Waals surface area contributed by atoms with Gasteiger partial charge in [0.15, 0.2) is 5.69 Å². The lowest BCUT2D eigenvalue weighted by Gasteiger charge is -2.19. The lowest BCUT2D eigenvalue weighted by molar-refractivity contribution is -0.396. The van der Waals surface area contributed by atoms with Crippen LogP contribution in [0.2, 0.25) is 0 Å². The van der Waals surface area contributed by atoms with Crippen LogP contribution in [0.5, 0.6) is 0 Å². The van der Waals surface area contributed by atoms with Gasteiger partial charge < -0.3 is 20.2 Å². The summed E-state index contributed by atoms with van der Waals surface area (Å²) < 4.78 is 21.1. The minimum absolute atomic E-state index is 0.193. The molecule has 0 aromatic carbocycles. The van der Waals surface area contributed by atoms with Gasteiger partial charge in [-0.05, 0) is 16.3 Å². The molecule has 0 fully saturated rings. The van der Waals surface area contributed by atoms with Gasteiger partial charge in [-0.1, -0.05) is 9.97 Å². The molecule has 0 spiro atoms. The van der Waals surface area contributed by atoms with Crippen LogP contribution in [0.25, 0.3) is 0 Å². The van der Waals surface area contributed by atoms with Crippen LogP contribution in [0, 0.1) is 20.2 Å². The summed E-state index contributed by atoms with van der Waals surface area (Å²) in [4.78, 5) is 28.8. The molecule has 0 saturated heterocycles. The highest BCUT2D eigenvalue weighted by molar-refractivity contribution is 7.54. The molecular formula is C15H23Cl2N8O6P. The van der Waals surface area contributed by atoms with Gasteiger partial charge in [0, 0.05) is 31.3 Å². The summed E-state index contributed by atoms with van der Waals surface area (Å²) in [6.07, 6.45) is 3.46. The summed E-state index contributed by atoms with van der Waals surface area (Å²) >= 11 is 11.3. The Morgan fingerprint density at radius 3 is 2.34 bits per heavy atom. The molecule has 2 N–H and O–H groups in total. The van der Waals surface area contributed by atoms with E-state index < -0.39 is 23.5 Å². The Kier molecular flexibility index (Phi) is 10.0. The summed E-state index contributed by atoms with van der Waals surface area (Å²) in [6, 6.07) is 0. The summed E-state index contributed by atoms with van der Waals surface area (Å²) in [5.74, 6) is -0.307. The third-order valence-corrected chi connectivity index (χ3v) is 6.47. The Bertz CT molecular complexity index is 971. The van der Waals surface area contributed by atoms with Crippen molar-refractivity contribution in [2.75, 3.05) is 24.8 Å². The average molecular weight is 513 g/mol. The molecule has 2 rings (SSSR count). The maximum Gasteiger partial charge on any atom is 0.434 e. The van der Waals surface area contributed by atoms with Gasteiger partial charge in [-0.3, -0.25) is 9.09 Å². The lowest BCUT2D eigenvalue weighted by Crippen LogP contribution is -2.27. The van der Waals surface area contributed by atoms with Gasteiger partial charge in [0.05, 0.1) is 13.6 Å². The summed E-state index contributed by atoms with van der Waals surface area (Å²) in [5.41, 5.74) is 0.723. The highest BCUT2D eigenvalue weighted by Crippen LogP contribution is 2.38. The number of hydrogen-bond acceptors (Lipinski definition) is 8. The van der Waals surface area contributed by atoms with Gasteiger partial charge in [0.1, 0.15) is 24.7 Å². The van der Waals surface area contributed by atoms with Crippen molar-refractivity contribution in [1.29, 1.82) is 0 Å². The third-order valence-electron chi connectivity index (χ3n) is 4.32. The second kappa shape index (κ2) is 12.2. The first-order chi connectivity index (χ1) is 15.2. The van der Waals surface area contributed by atoms with Gasteiger partial charge in [-0.25, -0.2) is 19.3 Å². The SMILES string of the molecule is Cn1c([N+](=O)[O-])nc(CCCn2ccnc2[N+](=O)[O-])c1COP(=O)(NCCCl)NCCCl. The molecule has 2 aromatic heterocycles. The number of nitro groups is 2. The van der Waals surface area contributed by atoms with Crippen molar-refractivity contribution in [3.05, 3.63) is 44.0 Å². The van der Waals surface area contributed by atoms with E-state index in [1.807, 2.05) is 0 Å². The average Bonchev–Trinajstić information content (AvgIpc) is 3.34. The van der Waals surface area contributed by atoms with Crippen molar-refractivity contribution >= 4 is 42.8 Å². The topological polar surface area (TPSA) is 172 Å². The number of aromatic nitrogens is 4. The molecule has 2 heterocycles. The van der Waals surface area contributed by atoms with Crippen molar-refractivity contribution in [2.45, 2.75) is 26.0 Å². The molecular weight excluding hydrogens is 490 g/mol. The second-order valence-corrected chi connectivity index (χ2v) is 9.17. The monoisotopic (exact) mass is 512 g/mol. The molecule has 178 valence electrons. The first-order valence-electron chi connectivity index (χ1n) is 9.43. The van der Waals surface area contributed by atoms with Crippen LogP contribution in [0.3, 0.4) is 0 Å². The Morgan fingerprint density at radius 1 is 1.16 bits per heavy atom. The minimum atomic E-state index is -3.52. The molecule has 14 nitrogen and oxygen atoms in total. The number of aryl methyl sites for hydroxylation is 2. The van der Waals surface area contributed by atoms with Crippen LogP contribution >= 0.6 is 30.9 Å². The van der Waals surface area contributed by atoms with Crippen molar-refractivity contribution in [3.8, 4) is 0 Å². The van der Waals surface area contributed by atoms with Crippen molar-refractivity contribution in [1.82, 2.24) is 29.3 Å². The van der Waals surface area contributed by atoms with Crippen LogP contribution in [-0.2, 0) is 35.7 Å². The zero-order valence-electron chi connectivity index (χ0n) is 17.1. The number of hydrogen-bond donors (Lipinski definition) is 2. The Labute approximate surface area is 193 Å². The summed E-state index contributed by atoms with van der Waals surface area (Å²) in [7, 11) is -2.07. The lowest BCUT2D eigenvalue weighted by atomic mass is 10.2. The Morgan fingerprint density at radius 2 is 1.78 bits per heavy atom. The zero-order chi connectivity index (χ0) is 23.7. The largest absolute Gasteiger partial charge is 0.434 e. The number of rotatable bonds is 15. The van der Waals surface area contributed by atoms with Crippen molar-refractivity contribution < 1.29 is 18.9 Å². The van der Waals surface area contributed by atoms with Gasteiger partial charge in [0.2, 0.25) is 0 Å². The highest BCUT2D eigenvalue weighted by Gasteiger charge is 2.29. The maximum atomic E-state index is 12.9. The van der Waals surface area contributed by atoms with E-state index in [4.69, 9.17) is 27.7 Å². The molecule has 0 amide bonds. The predicted molar refractivity (Wildman–Crippen MR) is 117 cm³/mol. The van der Waals surface area contributed by atoms with E-state index in [9.17, 15) is 24.8 Å². The van der Waals surface area contributed by atoms with E-state index in [1.165, 1.54) is 28.6 Å². The minimum Gasteiger partial charge on any atom is -0.390 e. The van der Waals surface area contributed by atoms with Crippen molar-refractivity contribution in [2.24, 2.45) is 7.05 Å². The number of halogens is 2. The molecule has 0 aliphatic rings. The number of imidazole rings is 2. The standard InChI is InChI=1S/C15H23Cl2N8O6P/c1-22-13(11-31-32(30,19-6-4-16)20-7-5-17)12(21-15(22)25(28)29)3-2-9-23-10-8-18-14(23)24(26)27/h8,10H,2-7,9,11H2,1H3,(H2,19,20,30). The van der Waals surface area contributed by atoms with Crippen LogP contribution in [-0.4, -0.2) is 53.8 Å². The second-order valence-electron chi connectivity index (χ2n) is 6.42. The molecule has 32 heavy (non-hydrogen) atoms. The normalized spacial score (nSPS) is 11.7. The zero-order valence-corrected chi connectivity index (χ0v) is 19.6. The maximum absolute atomic E-state index is 12.9. The van der Waals surface area contributed by atoms with Crippen molar-refractivity contribution in [3.63, 3.8) is 0 Å². The molecule has 0 bridgehead atoms. The highest BCUT2D eigenvalue weighted by atomic mass is 35.5. The van der Waals surface area contributed by atoms with Crippen LogP contribution < -0.4 is 10.2 Å². The molecule has 0 radical (unpaired) electrons. The molecule has 0 unspecified atom stereocenters. The van der Waals surface area contributed by atoms with E-state index in [2.05, 4.69) is 20.1 Å². The van der Waals surface area contributed by atoms with Crippen LogP contribution in [0.1, 0.15) is 17.8 Å². The van der Waals surface area contributed by atoms with E-state index in [0.717, 1.165) is 0 Å². The van der Waals surface area contributed by atoms with E-state index in [1.54, 1.807) is 0 Å². The van der Waals surface area contributed by atoms with Gasteiger partial charge in [-0.15, -0.1) is 23.2 Å². The molecule has 0 aliphatic heterocycles. The quantitative estimate of drug-likeness (QED) is 0.156. The van der Waals surface area contributed by atoms with Crippen LogP contribution in [0.15, 0.2) is 12.4 Å². The smallest absolute Gasteiger partial charge is 0.390 e. The third kappa shape index (κ3) is 6.95. The first kappa shape index (κ1) is 26.2. The van der Waals surface area contributed by atoms with E-state index in [0.29, 0.717) is 17.8 Å². The van der Waals surface area contributed by atoms with Gasteiger partial charge in [0.25, 0.3) is 0 Å².